The minimum absolute atomic E-state index is 0.308. The number of ether oxygens (including phenoxy) is 1. The highest BCUT2D eigenvalue weighted by molar-refractivity contribution is 5.39. The molecule has 0 heterocycles. The van der Waals surface area contributed by atoms with Gasteiger partial charge in [0.1, 0.15) is 11.5 Å². The van der Waals surface area contributed by atoms with E-state index in [-0.39, 0.29) is 0 Å². The van der Waals surface area contributed by atoms with Gasteiger partial charge in [-0.15, -0.1) is 0 Å². The number of rotatable bonds is 8. The van der Waals surface area contributed by atoms with E-state index in [2.05, 4.69) is 37.9 Å². The SMILES string of the molecule is COc1ccc(O)c(CNCCN(C(C)C)C(C)C)c1. The normalized spacial score (nSPS) is 11.6. The van der Waals surface area contributed by atoms with E-state index in [9.17, 15) is 5.11 Å². The number of hydrogen-bond donors (Lipinski definition) is 2. The molecule has 0 aliphatic heterocycles. The Bertz CT molecular complexity index is 397. The van der Waals surface area contributed by atoms with Crippen LogP contribution in [0.25, 0.3) is 0 Å². The van der Waals surface area contributed by atoms with E-state index >= 15 is 0 Å². The van der Waals surface area contributed by atoms with Crippen molar-refractivity contribution in [3.63, 3.8) is 0 Å². The highest BCUT2D eigenvalue weighted by atomic mass is 16.5. The molecule has 0 aliphatic carbocycles. The number of benzene rings is 1. The largest absolute Gasteiger partial charge is 0.508 e. The predicted octanol–water partition coefficient (Wildman–Crippen LogP) is 2.61. The van der Waals surface area contributed by atoms with Crippen LogP contribution in [0, 0.1) is 0 Å². The number of phenolic OH excluding ortho intramolecular Hbond substituents is 1. The third-order valence-electron chi connectivity index (χ3n) is 3.48. The molecule has 2 N–H and O–H groups in total. The molecule has 1 aromatic carbocycles. The van der Waals surface area contributed by atoms with Gasteiger partial charge < -0.3 is 15.2 Å². The molecule has 0 unspecified atom stereocenters. The summed E-state index contributed by atoms with van der Waals surface area (Å²) in [6.45, 7) is 11.4. The van der Waals surface area contributed by atoms with Crippen molar-refractivity contribution in [2.24, 2.45) is 0 Å². The van der Waals surface area contributed by atoms with Crippen LogP contribution in [-0.2, 0) is 6.54 Å². The second-order valence-electron chi connectivity index (χ2n) is 5.60. The predicted molar refractivity (Wildman–Crippen MR) is 83.3 cm³/mol. The standard InChI is InChI=1S/C16H28N2O2/c1-12(2)18(13(3)4)9-8-17-11-14-10-15(20-5)6-7-16(14)19/h6-7,10,12-13,17,19H,8-9,11H2,1-5H3. The van der Waals surface area contributed by atoms with Crippen LogP contribution in [0.15, 0.2) is 18.2 Å². The Labute approximate surface area is 122 Å². The Morgan fingerprint density at radius 2 is 1.85 bits per heavy atom. The molecule has 0 atom stereocenters. The zero-order valence-corrected chi connectivity index (χ0v) is 13.3. The molecule has 0 bridgehead atoms. The van der Waals surface area contributed by atoms with Crippen molar-refractivity contribution in [3.8, 4) is 11.5 Å². The van der Waals surface area contributed by atoms with E-state index in [1.807, 2.05) is 6.07 Å². The minimum atomic E-state index is 0.308. The zero-order chi connectivity index (χ0) is 15.1. The average molecular weight is 280 g/mol. The first kappa shape index (κ1) is 16.8. The fraction of sp³-hybridized carbons (Fsp3) is 0.625. The molecule has 1 aromatic rings. The monoisotopic (exact) mass is 280 g/mol. The summed E-state index contributed by atoms with van der Waals surface area (Å²) < 4.78 is 5.17. The van der Waals surface area contributed by atoms with Crippen LogP contribution in [0.4, 0.5) is 0 Å². The second kappa shape index (κ2) is 8.12. The van der Waals surface area contributed by atoms with Gasteiger partial charge in [-0.1, -0.05) is 0 Å². The van der Waals surface area contributed by atoms with Crippen LogP contribution in [-0.4, -0.2) is 42.3 Å². The molecular formula is C16H28N2O2. The molecule has 4 heteroatoms. The highest BCUT2D eigenvalue weighted by Gasteiger charge is 2.12. The van der Waals surface area contributed by atoms with Crippen molar-refractivity contribution in [2.45, 2.75) is 46.3 Å². The topological polar surface area (TPSA) is 44.7 Å². The third-order valence-corrected chi connectivity index (χ3v) is 3.48. The molecule has 0 saturated carbocycles. The second-order valence-corrected chi connectivity index (χ2v) is 5.60. The lowest BCUT2D eigenvalue weighted by atomic mass is 10.2. The molecule has 0 spiro atoms. The summed E-state index contributed by atoms with van der Waals surface area (Å²) in [4.78, 5) is 2.44. The van der Waals surface area contributed by atoms with E-state index < -0.39 is 0 Å². The quantitative estimate of drug-likeness (QED) is 0.719. The molecule has 0 radical (unpaired) electrons. The fourth-order valence-corrected chi connectivity index (χ4v) is 2.37. The van der Waals surface area contributed by atoms with Gasteiger partial charge in [-0.3, -0.25) is 4.90 Å². The maximum atomic E-state index is 9.81. The lowest BCUT2D eigenvalue weighted by molar-refractivity contribution is 0.175. The molecule has 0 fully saturated rings. The van der Waals surface area contributed by atoms with Gasteiger partial charge in [-0.25, -0.2) is 0 Å². The van der Waals surface area contributed by atoms with Crippen LogP contribution >= 0.6 is 0 Å². The van der Waals surface area contributed by atoms with E-state index in [0.717, 1.165) is 24.4 Å². The lowest BCUT2D eigenvalue weighted by Gasteiger charge is -2.30. The van der Waals surface area contributed by atoms with Gasteiger partial charge in [0.2, 0.25) is 0 Å². The molecule has 1 rings (SSSR count). The first-order valence-electron chi connectivity index (χ1n) is 7.28. The number of nitrogens with one attached hydrogen (secondary N) is 1. The number of aromatic hydroxyl groups is 1. The van der Waals surface area contributed by atoms with Gasteiger partial charge in [-0.2, -0.15) is 0 Å². The first-order valence-corrected chi connectivity index (χ1v) is 7.28. The highest BCUT2D eigenvalue weighted by Crippen LogP contribution is 2.22. The van der Waals surface area contributed by atoms with Crippen molar-refractivity contribution in [1.29, 1.82) is 0 Å². The molecule has 4 nitrogen and oxygen atoms in total. The number of phenols is 1. The van der Waals surface area contributed by atoms with Crippen molar-refractivity contribution in [2.75, 3.05) is 20.2 Å². The van der Waals surface area contributed by atoms with E-state index in [0.29, 0.717) is 24.4 Å². The number of hydrogen-bond acceptors (Lipinski definition) is 4. The Balaban J connectivity index is 2.44. The molecule has 0 amide bonds. The van der Waals surface area contributed by atoms with Crippen LogP contribution in [0.3, 0.4) is 0 Å². The van der Waals surface area contributed by atoms with E-state index in [4.69, 9.17) is 4.74 Å². The van der Waals surface area contributed by atoms with Crippen molar-refractivity contribution >= 4 is 0 Å². The molecular weight excluding hydrogens is 252 g/mol. The maximum absolute atomic E-state index is 9.81. The molecule has 0 saturated heterocycles. The first-order chi connectivity index (χ1) is 9.45. The van der Waals surface area contributed by atoms with Gasteiger partial charge in [-0.05, 0) is 45.9 Å². The summed E-state index contributed by atoms with van der Waals surface area (Å²) in [6.07, 6.45) is 0. The summed E-state index contributed by atoms with van der Waals surface area (Å²) in [6, 6.07) is 6.39. The summed E-state index contributed by atoms with van der Waals surface area (Å²) in [5.41, 5.74) is 0.866. The Hall–Kier alpha value is -1.26. The van der Waals surface area contributed by atoms with Gasteiger partial charge in [0.15, 0.2) is 0 Å². The fourth-order valence-electron chi connectivity index (χ4n) is 2.37. The van der Waals surface area contributed by atoms with Gasteiger partial charge in [0.25, 0.3) is 0 Å². The Morgan fingerprint density at radius 3 is 2.40 bits per heavy atom. The Morgan fingerprint density at radius 1 is 1.20 bits per heavy atom. The number of methoxy groups -OCH3 is 1. The molecule has 0 aliphatic rings. The van der Waals surface area contributed by atoms with E-state index in [1.54, 1.807) is 19.2 Å². The molecule has 20 heavy (non-hydrogen) atoms. The summed E-state index contributed by atoms with van der Waals surface area (Å²) >= 11 is 0. The van der Waals surface area contributed by atoms with Crippen LogP contribution in [0.1, 0.15) is 33.3 Å². The summed E-state index contributed by atoms with van der Waals surface area (Å²) in [7, 11) is 1.63. The molecule has 114 valence electrons. The zero-order valence-electron chi connectivity index (χ0n) is 13.3. The van der Waals surface area contributed by atoms with Crippen molar-refractivity contribution < 1.29 is 9.84 Å². The van der Waals surface area contributed by atoms with Gasteiger partial charge >= 0.3 is 0 Å². The molecule has 0 aromatic heterocycles. The Kier molecular flexibility index (Phi) is 6.82. The van der Waals surface area contributed by atoms with E-state index in [1.165, 1.54) is 0 Å². The average Bonchev–Trinajstić information content (AvgIpc) is 2.39. The number of nitrogens with zero attached hydrogens (tertiary/aromatic N) is 1. The van der Waals surface area contributed by atoms with Crippen LogP contribution in [0.5, 0.6) is 11.5 Å². The minimum Gasteiger partial charge on any atom is -0.508 e. The van der Waals surface area contributed by atoms with Crippen LogP contribution < -0.4 is 10.1 Å². The summed E-state index contributed by atoms with van der Waals surface area (Å²) in [5, 5.41) is 13.2. The van der Waals surface area contributed by atoms with Gasteiger partial charge in [0.05, 0.1) is 7.11 Å². The van der Waals surface area contributed by atoms with Crippen molar-refractivity contribution in [1.82, 2.24) is 10.2 Å². The van der Waals surface area contributed by atoms with Crippen molar-refractivity contribution in [3.05, 3.63) is 23.8 Å². The lowest BCUT2D eigenvalue weighted by Crippen LogP contribution is -2.41. The third kappa shape index (κ3) is 5.02. The van der Waals surface area contributed by atoms with Crippen LogP contribution in [0.2, 0.25) is 0 Å². The van der Waals surface area contributed by atoms with Gasteiger partial charge in [0, 0.05) is 37.3 Å². The smallest absolute Gasteiger partial charge is 0.120 e. The summed E-state index contributed by atoms with van der Waals surface area (Å²) in [5.74, 6) is 1.08. The maximum Gasteiger partial charge on any atom is 0.120 e.